The molecule has 1 unspecified atom stereocenters. The van der Waals surface area contributed by atoms with E-state index >= 15 is 0 Å². The molecule has 2 rings (SSSR count). The first-order valence-electron chi connectivity index (χ1n) is 23.0. The molecule has 6 amide bonds. The van der Waals surface area contributed by atoms with Gasteiger partial charge in [0.15, 0.2) is 0 Å². The Balaban J connectivity index is 1.62. The number of amides is 6. The minimum Gasteiger partial charge on any atom is -0.480 e. The number of nitrogens with one attached hydrogen (secondary N) is 5. The molecule has 0 aliphatic rings. The second-order valence-electron chi connectivity index (χ2n) is 17.3. The summed E-state index contributed by atoms with van der Waals surface area (Å²) in [6.45, 7) is 5.16. The van der Waals surface area contributed by atoms with Crippen molar-refractivity contribution in [3.63, 3.8) is 0 Å². The first-order chi connectivity index (χ1) is 31.0. The van der Waals surface area contributed by atoms with Gasteiger partial charge in [-0.3, -0.25) is 33.0 Å². The van der Waals surface area contributed by atoms with Crippen molar-refractivity contribution >= 4 is 52.2 Å². The van der Waals surface area contributed by atoms with Gasteiger partial charge >= 0.3 is 5.97 Å². The summed E-state index contributed by atoms with van der Waals surface area (Å²) in [5.41, 5.74) is 7.13. The summed E-state index contributed by atoms with van der Waals surface area (Å²) in [5.74, 6) is -4.73. The van der Waals surface area contributed by atoms with Crippen molar-refractivity contribution in [2.75, 3.05) is 12.0 Å². The Bertz CT molecular complexity index is 1800. The molecular weight excluding hydrogens is 853 g/mol. The van der Waals surface area contributed by atoms with Crippen molar-refractivity contribution in [1.29, 1.82) is 0 Å². The zero-order valence-electron chi connectivity index (χ0n) is 38.7. The molecule has 7 atom stereocenters. The molecule has 0 aliphatic heterocycles. The monoisotopic (exact) mass is 927 g/mol. The molecule has 0 radical (unpaired) electrons. The lowest BCUT2D eigenvalue weighted by atomic mass is 10.0. The molecule has 0 bridgehead atoms. The molecule has 2 aromatic rings. The predicted octanol–water partition coefficient (Wildman–Crippen LogP) is 3.73. The van der Waals surface area contributed by atoms with E-state index in [0.29, 0.717) is 12.8 Å². The molecule has 0 aliphatic carbocycles. The molecule has 9 N–H and O–H groups in total. The number of carboxylic acid groups (broad SMARTS) is 1. The molecule has 0 aromatic heterocycles. The molecule has 0 saturated heterocycles. The lowest BCUT2D eigenvalue weighted by Gasteiger charge is -2.26. The van der Waals surface area contributed by atoms with Gasteiger partial charge in [0.05, 0.1) is 11.9 Å². The van der Waals surface area contributed by atoms with Gasteiger partial charge in [-0.1, -0.05) is 139 Å². The quantitative estimate of drug-likeness (QED) is 0.0472. The lowest BCUT2D eigenvalue weighted by molar-refractivity contribution is -0.142. The fraction of sp³-hybridized carbons (Fsp3) is 0.604. The Kier molecular flexibility index (Phi) is 27.3. The van der Waals surface area contributed by atoms with E-state index in [1.54, 1.807) is 24.3 Å². The maximum atomic E-state index is 13.3. The Morgan fingerprint density at radius 3 is 1.37 bits per heavy atom. The third-order valence-electron chi connectivity index (χ3n) is 10.9. The van der Waals surface area contributed by atoms with Gasteiger partial charge in [0.1, 0.15) is 30.2 Å². The summed E-state index contributed by atoms with van der Waals surface area (Å²) in [5, 5.41) is 33.1. The third-order valence-corrected chi connectivity index (χ3v) is 11.7. The number of primary amides is 1. The average Bonchev–Trinajstić information content (AvgIpc) is 3.24. The first kappa shape index (κ1) is 56.0. The van der Waals surface area contributed by atoms with E-state index in [0.717, 1.165) is 75.3 Å². The highest BCUT2D eigenvalue weighted by Crippen LogP contribution is 2.14. The van der Waals surface area contributed by atoms with Crippen molar-refractivity contribution in [2.24, 2.45) is 11.7 Å². The molecule has 17 heteroatoms. The fourth-order valence-electron chi connectivity index (χ4n) is 7.31. The van der Waals surface area contributed by atoms with Crippen LogP contribution < -0.4 is 32.3 Å². The van der Waals surface area contributed by atoms with E-state index in [2.05, 4.69) is 26.6 Å². The highest BCUT2D eigenvalue weighted by Gasteiger charge is 2.32. The Hall–Kier alpha value is -5.16. The van der Waals surface area contributed by atoms with Crippen LogP contribution in [0.15, 0.2) is 60.7 Å². The summed E-state index contributed by atoms with van der Waals surface area (Å²) in [7, 11) is -1.40. The Morgan fingerprint density at radius 2 is 0.954 bits per heavy atom. The van der Waals surface area contributed by atoms with Crippen LogP contribution in [0.25, 0.3) is 0 Å². The van der Waals surface area contributed by atoms with Crippen LogP contribution in [-0.4, -0.2) is 104 Å². The number of carbonyl (C=O) groups excluding carboxylic acids is 6. The number of unbranched alkanes of at least 4 members (excludes halogenated alkanes) is 11. The van der Waals surface area contributed by atoms with Gasteiger partial charge in [-0.25, -0.2) is 4.79 Å². The minimum atomic E-state index is -1.40. The highest BCUT2D eigenvalue weighted by atomic mass is 32.2. The number of benzene rings is 2. The zero-order chi connectivity index (χ0) is 48.1. The van der Waals surface area contributed by atoms with Crippen molar-refractivity contribution in [3.8, 4) is 0 Å². The number of hydrogen-bond acceptors (Lipinski definition) is 9. The van der Waals surface area contributed by atoms with Crippen molar-refractivity contribution in [2.45, 2.75) is 166 Å². The second kappa shape index (κ2) is 31.7. The van der Waals surface area contributed by atoms with Gasteiger partial charge in [0, 0.05) is 42.7 Å². The molecule has 16 nitrogen and oxygen atoms in total. The largest absolute Gasteiger partial charge is 0.480 e. The van der Waals surface area contributed by atoms with Crippen LogP contribution in [0.1, 0.15) is 128 Å². The summed E-state index contributed by atoms with van der Waals surface area (Å²) in [4.78, 5) is 89.0. The van der Waals surface area contributed by atoms with Crippen LogP contribution in [0.4, 0.5) is 0 Å². The Labute approximate surface area is 387 Å². The second-order valence-corrected chi connectivity index (χ2v) is 18.8. The summed E-state index contributed by atoms with van der Waals surface area (Å²) < 4.78 is 12.0. The smallest absolute Gasteiger partial charge is 0.326 e. The number of carbonyl (C=O) groups is 7. The number of hydrogen-bond donors (Lipinski definition) is 8. The van der Waals surface area contributed by atoms with Gasteiger partial charge < -0.3 is 42.5 Å². The molecule has 2 aromatic carbocycles. The fourth-order valence-corrected chi connectivity index (χ4v) is 8.01. The summed E-state index contributed by atoms with van der Waals surface area (Å²) in [6.07, 6.45) is 12.4. The van der Waals surface area contributed by atoms with E-state index < -0.39 is 76.7 Å². The number of nitrogens with two attached hydrogens (primary N) is 1. The number of carboxylic acids is 1. The molecule has 0 heterocycles. The maximum Gasteiger partial charge on any atom is 0.326 e. The van der Waals surface area contributed by atoms with E-state index in [4.69, 9.17) is 5.73 Å². The van der Waals surface area contributed by atoms with Gasteiger partial charge in [0.25, 0.3) is 0 Å². The van der Waals surface area contributed by atoms with E-state index in [1.165, 1.54) is 13.2 Å². The number of aliphatic carboxylic acids is 1. The SMILES string of the molecule is CC(C)C[C@H](NC(=O)[C@@H](NC(=O)CCCCCCCCCCCCCCC(=O)N[C@@H](CS(C)=O)C(=O)N[C@@H](Cc1ccccc1)C(=O)O)[C@@H](C)O)C(=O)N[C@@H](Cc1ccccc1)C(N)=O. The van der Waals surface area contributed by atoms with Crippen LogP contribution in [0.2, 0.25) is 0 Å². The van der Waals surface area contributed by atoms with Crippen LogP contribution in [-0.2, 0) is 57.2 Å². The van der Waals surface area contributed by atoms with E-state index in [1.807, 2.05) is 50.2 Å². The van der Waals surface area contributed by atoms with Crippen LogP contribution in [0, 0.1) is 5.92 Å². The molecule has 0 fully saturated rings. The van der Waals surface area contributed by atoms with Crippen molar-refractivity contribution in [1.82, 2.24) is 26.6 Å². The number of rotatable bonds is 34. The normalized spacial score (nSPS) is 14.4. The number of aliphatic hydroxyl groups excluding tert-OH is 1. The highest BCUT2D eigenvalue weighted by molar-refractivity contribution is 7.84. The van der Waals surface area contributed by atoms with Crippen LogP contribution in [0.5, 0.6) is 0 Å². The standard InChI is InChI=1S/C48H74N6O10S/c1-33(2)29-38(45(59)51-37(44(49)58)30-35-23-17-15-18-24-35)52-47(61)43(34(3)55)54-42(57)28-22-14-12-10-8-6-5-7-9-11-13-21-27-41(56)50-40(32-65(4)64)46(60)53-39(48(62)63)31-36-25-19-16-20-26-36/h15-20,23-26,33-34,37-40,43,55H,5-14,21-22,27-32H2,1-4H3,(H2,49,58)(H,50,56)(H,51,59)(H,52,61)(H,53,60)(H,54,57)(H,62,63)/t34-,37+,38+,39+,40+,43+,65?/m1/s1. The van der Waals surface area contributed by atoms with E-state index in [-0.39, 0.29) is 55.6 Å². The van der Waals surface area contributed by atoms with Gasteiger partial charge in [0.2, 0.25) is 35.4 Å². The van der Waals surface area contributed by atoms with Crippen molar-refractivity contribution in [3.05, 3.63) is 71.8 Å². The van der Waals surface area contributed by atoms with E-state index in [9.17, 15) is 48.0 Å². The average molecular weight is 927 g/mol. The summed E-state index contributed by atoms with van der Waals surface area (Å²) >= 11 is 0. The topological polar surface area (TPSA) is 263 Å². The molecule has 65 heavy (non-hydrogen) atoms. The Morgan fingerprint density at radius 1 is 0.554 bits per heavy atom. The predicted molar refractivity (Wildman–Crippen MR) is 251 cm³/mol. The van der Waals surface area contributed by atoms with Gasteiger partial charge in [-0.2, -0.15) is 0 Å². The zero-order valence-corrected chi connectivity index (χ0v) is 39.5. The number of aliphatic hydroxyl groups is 1. The lowest BCUT2D eigenvalue weighted by Crippen LogP contribution is -2.59. The molecule has 362 valence electrons. The molecule has 0 spiro atoms. The molecular formula is C48H74N6O10S. The minimum absolute atomic E-state index is 0.00119. The van der Waals surface area contributed by atoms with Crippen LogP contribution >= 0.6 is 0 Å². The summed E-state index contributed by atoms with van der Waals surface area (Å²) in [6, 6.07) is 12.4. The van der Waals surface area contributed by atoms with Crippen molar-refractivity contribution < 1.29 is 48.0 Å². The van der Waals surface area contributed by atoms with Gasteiger partial charge in [-0.15, -0.1) is 0 Å². The molecule has 0 saturated carbocycles. The van der Waals surface area contributed by atoms with Gasteiger partial charge in [-0.05, 0) is 43.2 Å². The van der Waals surface area contributed by atoms with Crippen LogP contribution in [0.3, 0.4) is 0 Å². The first-order valence-corrected chi connectivity index (χ1v) is 24.8. The maximum absolute atomic E-state index is 13.3. The third kappa shape index (κ3) is 24.6.